The fourth-order valence-corrected chi connectivity index (χ4v) is 5.16. The SMILES string of the molecule is COc1ccc(CCNC(=O)CCCSc2nnc(-c3ccc(C)cc3)n2-c2ccc(Cl)c(Cl)c2)cc1OC. The highest BCUT2D eigenvalue weighted by atomic mass is 35.5. The number of nitrogens with one attached hydrogen (secondary N) is 1. The van der Waals surface area contributed by atoms with Gasteiger partial charge in [0.2, 0.25) is 5.91 Å². The minimum atomic E-state index is 0.0161. The van der Waals surface area contributed by atoms with Crippen molar-refractivity contribution in [1.29, 1.82) is 0 Å². The van der Waals surface area contributed by atoms with Crippen LogP contribution >= 0.6 is 35.0 Å². The Balaban J connectivity index is 1.34. The zero-order valence-corrected chi connectivity index (χ0v) is 24.4. The van der Waals surface area contributed by atoms with Gasteiger partial charge in [-0.25, -0.2) is 0 Å². The number of amides is 1. The van der Waals surface area contributed by atoms with E-state index in [2.05, 4.69) is 15.5 Å². The molecule has 0 aliphatic carbocycles. The van der Waals surface area contributed by atoms with Crippen molar-refractivity contribution in [2.45, 2.75) is 31.3 Å². The summed E-state index contributed by atoms with van der Waals surface area (Å²) >= 11 is 14.0. The van der Waals surface area contributed by atoms with Crippen molar-refractivity contribution in [2.75, 3.05) is 26.5 Å². The van der Waals surface area contributed by atoms with E-state index in [1.165, 1.54) is 0 Å². The Morgan fingerprint density at radius 3 is 2.44 bits per heavy atom. The number of benzene rings is 3. The maximum atomic E-state index is 12.4. The first kappa shape index (κ1) is 28.8. The predicted octanol–water partition coefficient (Wildman–Crippen LogP) is 6.80. The van der Waals surface area contributed by atoms with Crippen LogP contribution < -0.4 is 14.8 Å². The largest absolute Gasteiger partial charge is 0.493 e. The number of hydrogen-bond acceptors (Lipinski definition) is 6. The molecular formula is C29H30Cl2N4O3S. The van der Waals surface area contributed by atoms with Gasteiger partial charge in [-0.1, -0.05) is 70.9 Å². The summed E-state index contributed by atoms with van der Waals surface area (Å²) in [5, 5.41) is 13.6. The second kappa shape index (κ2) is 13.7. The maximum Gasteiger partial charge on any atom is 0.220 e. The van der Waals surface area contributed by atoms with Crippen LogP contribution in [0.25, 0.3) is 17.1 Å². The Morgan fingerprint density at radius 2 is 1.72 bits per heavy atom. The van der Waals surface area contributed by atoms with E-state index in [0.717, 1.165) is 27.5 Å². The van der Waals surface area contributed by atoms with Crippen LogP contribution in [-0.4, -0.2) is 47.2 Å². The first-order chi connectivity index (χ1) is 18.9. The third-order valence-electron chi connectivity index (χ3n) is 6.07. The fourth-order valence-electron chi connectivity index (χ4n) is 3.98. The Bertz CT molecular complexity index is 1430. The number of aryl methyl sites for hydroxylation is 1. The number of aromatic nitrogens is 3. The summed E-state index contributed by atoms with van der Waals surface area (Å²) in [7, 11) is 3.22. The molecule has 0 bridgehead atoms. The zero-order valence-electron chi connectivity index (χ0n) is 22.0. The van der Waals surface area contributed by atoms with Gasteiger partial charge in [-0.2, -0.15) is 0 Å². The quantitative estimate of drug-likeness (QED) is 0.146. The third kappa shape index (κ3) is 7.47. The molecule has 39 heavy (non-hydrogen) atoms. The Labute approximate surface area is 242 Å². The topological polar surface area (TPSA) is 78.3 Å². The van der Waals surface area contributed by atoms with Crippen molar-refractivity contribution in [3.63, 3.8) is 0 Å². The number of carbonyl (C=O) groups excluding carboxylic acids is 1. The van der Waals surface area contributed by atoms with E-state index in [1.807, 2.05) is 60.0 Å². The molecule has 0 saturated heterocycles. The molecule has 3 aromatic carbocycles. The summed E-state index contributed by atoms with van der Waals surface area (Å²) in [5.74, 6) is 2.80. The summed E-state index contributed by atoms with van der Waals surface area (Å²) in [6, 6.07) is 19.4. The van der Waals surface area contributed by atoms with Gasteiger partial charge in [-0.15, -0.1) is 10.2 Å². The van der Waals surface area contributed by atoms with Gasteiger partial charge in [0.25, 0.3) is 0 Å². The van der Waals surface area contributed by atoms with Crippen LogP contribution in [0.3, 0.4) is 0 Å². The zero-order chi connectivity index (χ0) is 27.8. The molecule has 10 heteroatoms. The molecular weight excluding hydrogens is 555 g/mol. The van der Waals surface area contributed by atoms with E-state index in [4.69, 9.17) is 32.7 Å². The minimum Gasteiger partial charge on any atom is -0.493 e. The highest BCUT2D eigenvalue weighted by molar-refractivity contribution is 7.99. The number of halogens is 2. The molecule has 0 fully saturated rings. The summed E-state index contributed by atoms with van der Waals surface area (Å²) in [5.41, 5.74) is 3.99. The van der Waals surface area contributed by atoms with Crippen LogP contribution in [0, 0.1) is 6.92 Å². The molecule has 1 N–H and O–H groups in total. The van der Waals surface area contributed by atoms with Crippen LogP contribution in [-0.2, 0) is 11.2 Å². The summed E-state index contributed by atoms with van der Waals surface area (Å²) in [4.78, 5) is 12.4. The van der Waals surface area contributed by atoms with E-state index < -0.39 is 0 Å². The van der Waals surface area contributed by atoms with E-state index in [0.29, 0.717) is 58.9 Å². The second-order valence-corrected chi connectivity index (χ2v) is 10.7. The molecule has 0 aliphatic heterocycles. The molecule has 0 saturated carbocycles. The molecule has 1 aromatic heterocycles. The normalized spacial score (nSPS) is 10.9. The third-order valence-corrected chi connectivity index (χ3v) is 7.82. The molecule has 0 radical (unpaired) electrons. The Morgan fingerprint density at radius 1 is 0.949 bits per heavy atom. The highest BCUT2D eigenvalue weighted by Crippen LogP contribution is 2.32. The number of rotatable bonds is 12. The fraction of sp³-hybridized carbons (Fsp3) is 0.276. The van der Waals surface area contributed by atoms with Gasteiger partial charge < -0.3 is 14.8 Å². The second-order valence-electron chi connectivity index (χ2n) is 8.85. The lowest BCUT2D eigenvalue weighted by molar-refractivity contribution is -0.121. The van der Waals surface area contributed by atoms with E-state index in [1.54, 1.807) is 38.1 Å². The lowest BCUT2D eigenvalue weighted by Crippen LogP contribution is -2.25. The first-order valence-corrected chi connectivity index (χ1v) is 14.2. The average molecular weight is 586 g/mol. The summed E-state index contributed by atoms with van der Waals surface area (Å²) in [6.07, 6.45) is 1.82. The van der Waals surface area contributed by atoms with Crippen LogP contribution in [0.1, 0.15) is 24.0 Å². The molecule has 4 rings (SSSR count). The standard InChI is InChI=1S/C29H30Cl2N4O3S/c1-19-6-9-21(10-7-19)28-33-34-29(35(28)22-11-12-23(30)24(31)18-22)39-16-4-5-27(36)32-15-14-20-8-13-25(37-2)26(17-20)38-3/h6-13,17-18H,4-5,14-16H2,1-3H3,(H,32,36). The summed E-state index contributed by atoms with van der Waals surface area (Å²) in [6.45, 7) is 2.59. The number of thioether (sulfide) groups is 1. The van der Waals surface area contributed by atoms with Crippen molar-refractivity contribution >= 4 is 40.9 Å². The lowest BCUT2D eigenvalue weighted by Gasteiger charge is -2.12. The number of carbonyl (C=O) groups is 1. The van der Waals surface area contributed by atoms with Crippen molar-refractivity contribution in [1.82, 2.24) is 20.1 Å². The van der Waals surface area contributed by atoms with Gasteiger partial charge in [0, 0.05) is 24.3 Å². The number of nitrogens with zero attached hydrogens (tertiary/aromatic N) is 3. The predicted molar refractivity (Wildman–Crippen MR) is 158 cm³/mol. The average Bonchev–Trinajstić information content (AvgIpc) is 3.36. The van der Waals surface area contributed by atoms with E-state index in [9.17, 15) is 4.79 Å². The molecule has 0 spiro atoms. The Hall–Kier alpha value is -3.20. The molecule has 0 unspecified atom stereocenters. The molecule has 1 heterocycles. The monoisotopic (exact) mass is 584 g/mol. The lowest BCUT2D eigenvalue weighted by atomic mass is 10.1. The maximum absolute atomic E-state index is 12.4. The minimum absolute atomic E-state index is 0.0161. The van der Waals surface area contributed by atoms with Gasteiger partial charge in [0.05, 0.1) is 30.0 Å². The van der Waals surface area contributed by atoms with E-state index >= 15 is 0 Å². The van der Waals surface area contributed by atoms with Crippen LogP contribution in [0.5, 0.6) is 11.5 Å². The molecule has 4 aromatic rings. The van der Waals surface area contributed by atoms with Crippen molar-refractivity contribution in [2.24, 2.45) is 0 Å². The van der Waals surface area contributed by atoms with Crippen molar-refractivity contribution in [3.05, 3.63) is 81.8 Å². The van der Waals surface area contributed by atoms with Crippen LogP contribution in [0.15, 0.2) is 65.8 Å². The molecule has 7 nitrogen and oxygen atoms in total. The highest BCUT2D eigenvalue weighted by Gasteiger charge is 2.17. The van der Waals surface area contributed by atoms with Gasteiger partial charge in [0.15, 0.2) is 22.5 Å². The van der Waals surface area contributed by atoms with Crippen molar-refractivity contribution in [3.8, 4) is 28.6 Å². The number of methoxy groups -OCH3 is 2. The Kier molecular flexibility index (Phi) is 10.1. The van der Waals surface area contributed by atoms with E-state index in [-0.39, 0.29) is 5.91 Å². The summed E-state index contributed by atoms with van der Waals surface area (Å²) < 4.78 is 12.6. The first-order valence-electron chi connectivity index (χ1n) is 12.5. The van der Waals surface area contributed by atoms with Crippen molar-refractivity contribution < 1.29 is 14.3 Å². The van der Waals surface area contributed by atoms with Gasteiger partial charge in [-0.3, -0.25) is 9.36 Å². The molecule has 0 atom stereocenters. The molecule has 204 valence electrons. The number of hydrogen-bond donors (Lipinski definition) is 1. The number of ether oxygens (including phenoxy) is 2. The van der Waals surface area contributed by atoms with Gasteiger partial charge >= 0.3 is 0 Å². The molecule has 1 amide bonds. The van der Waals surface area contributed by atoms with Crippen LogP contribution in [0.4, 0.5) is 0 Å². The van der Waals surface area contributed by atoms with Gasteiger partial charge in [-0.05, 0) is 55.7 Å². The van der Waals surface area contributed by atoms with Crippen LogP contribution in [0.2, 0.25) is 10.0 Å². The molecule has 0 aliphatic rings. The smallest absolute Gasteiger partial charge is 0.220 e. The van der Waals surface area contributed by atoms with Gasteiger partial charge in [0.1, 0.15) is 0 Å².